The number of hydrogen-bond donors (Lipinski definition) is 2. The SMILES string of the molecule is C=C(C)CNC(=O)Nc1ccc2nn(C(C)C)cc2c1. The highest BCUT2D eigenvalue weighted by Gasteiger charge is 2.06. The van der Waals surface area contributed by atoms with Crippen molar-refractivity contribution in [2.75, 3.05) is 11.9 Å². The molecule has 0 saturated heterocycles. The van der Waals surface area contributed by atoms with Gasteiger partial charge in [0.25, 0.3) is 0 Å². The standard InChI is InChI=1S/C15H20N4O/c1-10(2)8-16-15(20)17-13-5-6-14-12(7-13)9-19(18-14)11(3)4/h5-7,9,11H,1,8H2,2-4H3,(H2,16,17,20). The number of nitrogens with zero attached hydrogens (tertiary/aromatic N) is 2. The van der Waals surface area contributed by atoms with Gasteiger partial charge in [-0.05, 0) is 39.0 Å². The average Bonchev–Trinajstić information content (AvgIpc) is 2.79. The molecule has 0 aliphatic rings. The van der Waals surface area contributed by atoms with Crippen LogP contribution in [0.5, 0.6) is 0 Å². The van der Waals surface area contributed by atoms with Gasteiger partial charge in [0.15, 0.2) is 0 Å². The Hall–Kier alpha value is -2.30. The summed E-state index contributed by atoms with van der Waals surface area (Å²) in [5, 5.41) is 11.0. The van der Waals surface area contributed by atoms with Gasteiger partial charge in [-0.2, -0.15) is 5.10 Å². The Kier molecular flexibility index (Phi) is 4.08. The first-order valence-corrected chi connectivity index (χ1v) is 6.64. The maximum absolute atomic E-state index is 11.7. The van der Waals surface area contributed by atoms with Gasteiger partial charge >= 0.3 is 6.03 Å². The smallest absolute Gasteiger partial charge is 0.319 e. The number of nitrogens with one attached hydrogen (secondary N) is 2. The van der Waals surface area contributed by atoms with E-state index in [4.69, 9.17) is 0 Å². The van der Waals surface area contributed by atoms with Gasteiger partial charge in [-0.15, -0.1) is 0 Å². The summed E-state index contributed by atoms with van der Waals surface area (Å²) in [7, 11) is 0. The summed E-state index contributed by atoms with van der Waals surface area (Å²) in [5.74, 6) is 0. The molecule has 0 radical (unpaired) electrons. The van der Waals surface area contributed by atoms with Gasteiger partial charge in [0.05, 0.1) is 5.52 Å². The lowest BCUT2D eigenvalue weighted by Gasteiger charge is -2.07. The lowest BCUT2D eigenvalue weighted by Crippen LogP contribution is -2.29. The molecular formula is C15H20N4O. The van der Waals surface area contributed by atoms with E-state index in [9.17, 15) is 4.79 Å². The molecule has 0 aliphatic carbocycles. The molecule has 5 nitrogen and oxygen atoms in total. The van der Waals surface area contributed by atoms with Crippen molar-refractivity contribution in [1.82, 2.24) is 15.1 Å². The van der Waals surface area contributed by atoms with Crippen LogP contribution in [-0.2, 0) is 0 Å². The molecule has 0 spiro atoms. The van der Waals surface area contributed by atoms with Crippen LogP contribution in [0.3, 0.4) is 0 Å². The highest BCUT2D eigenvalue weighted by atomic mass is 16.2. The van der Waals surface area contributed by atoms with E-state index in [1.54, 1.807) is 0 Å². The first kappa shape index (κ1) is 14.1. The quantitative estimate of drug-likeness (QED) is 0.839. The van der Waals surface area contributed by atoms with Gasteiger partial charge in [0, 0.05) is 29.9 Å². The van der Waals surface area contributed by atoms with Gasteiger partial charge in [-0.1, -0.05) is 12.2 Å². The minimum atomic E-state index is -0.233. The van der Waals surface area contributed by atoms with Crippen molar-refractivity contribution in [3.05, 3.63) is 36.5 Å². The second kappa shape index (κ2) is 5.77. The Morgan fingerprint density at radius 2 is 2.20 bits per heavy atom. The normalized spacial score (nSPS) is 10.8. The maximum Gasteiger partial charge on any atom is 0.319 e. The predicted octanol–water partition coefficient (Wildman–Crippen LogP) is 3.31. The van der Waals surface area contributed by atoms with Crippen molar-refractivity contribution in [3.63, 3.8) is 0 Å². The van der Waals surface area contributed by atoms with Crippen LogP contribution in [-0.4, -0.2) is 22.4 Å². The number of rotatable bonds is 4. The van der Waals surface area contributed by atoms with Crippen molar-refractivity contribution >= 4 is 22.6 Å². The molecule has 0 unspecified atom stereocenters. The second-order valence-corrected chi connectivity index (χ2v) is 5.24. The van der Waals surface area contributed by atoms with E-state index in [-0.39, 0.29) is 6.03 Å². The zero-order valence-electron chi connectivity index (χ0n) is 12.1. The summed E-state index contributed by atoms with van der Waals surface area (Å²) in [6.07, 6.45) is 1.98. The average molecular weight is 272 g/mol. The van der Waals surface area contributed by atoms with Crippen LogP contribution in [0.1, 0.15) is 26.8 Å². The first-order valence-electron chi connectivity index (χ1n) is 6.64. The summed E-state index contributed by atoms with van der Waals surface area (Å²) in [6.45, 7) is 10.2. The van der Waals surface area contributed by atoms with Gasteiger partial charge < -0.3 is 10.6 Å². The lowest BCUT2D eigenvalue weighted by molar-refractivity contribution is 0.253. The van der Waals surface area contributed by atoms with Crippen LogP contribution in [0, 0.1) is 0 Å². The maximum atomic E-state index is 11.7. The van der Waals surface area contributed by atoms with Crippen molar-refractivity contribution in [1.29, 1.82) is 0 Å². The van der Waals surface area contributed by atoms with Crippen LogP contribution in [0.2, 0.25) is 0 Å². The monoisotopic (exact) mass is 272 g/mol. The van der Waals surface area contributed by atoms with Crippen molar-refractivity contribution in [2.24, 2.45) is 0 Å². The molecule has 1 aromatic heterocycles. The van der Waals surface area contributed by atoms with E-state index in [1.807, 2.05) is 36.0 Å². The third-order valence-electron chi connectivity index (χ3n) is 2.86. The van der Waals surface area contributed by atoms with Crippen molar-refractivity contribution in [3.8, 4) is 0 Å². The molecule has 0 saturated carbocycles. The first-order chi connectivity index (χ1) is 9.45. The molecule has 2 amide bonds. The molecule has 0 aliphatic heterocycles. The fraction of sp³-hybridized carbons (Fsp3) is 0.333. The minimum absolute atomic E-state index is 0.233. The third kappa shape index (κ3) is 3.38. The zero-order valence-corrected chi connectivity index (χ0v) is 12.1. The Morgan fingerprint density at radius 1 is 1.45 bits per heavy atom. The molecular weight excluding hydrogens is 252 g/mol. The Balaban J connectivity index is 2.11. The topological polar surface area (TPSA) is 59.0 Å². The van der Waals surface area contributed by atoms with E-state index >= 15 is 0 Å². The van der Waals surface area contributed by atoms with Gasteiger partial charge in [-0.25, -0.2) is 4.79 Å². The van der Waals surface area contributed by atoms with Gasteiger partial charge in [-0.3, -0.25) is 4.68 Å². The zero-order chi connectivity index (χ0) is 14.7. The van der Waals surface area contributed by atoms with Crippen LogP contribution >= 0.6 is 0 Å². The fourth-order valence-corrected chi connectivity index (χ4v) is 1.79. The van der Waals surface area contributed by atoms with E-state index in [0.29, 0.717) is 12.6 Å². The molecule has 0 atom stereocenters. The molecule has 5 heteroatoms. The van der Waals surface area contributed by atoms with Crippen LogP contribution in [0.4, 0.5) is 10.5 Å². The molecule has 2 N–H and O–H groups in total. The summed E-state index contributed by atoms with van der Waals surface area (Å²) in [6, 6.07) is 5.76. The number of carbonyl (C=O) groups excluding carboxylic acids is 1. The molecule has 1 aromatic carbocycles. The Morgan fingerprint density at radius 3 is 2.85 bits per heavy atom. The van der Waals surface area contributed by atoms with E-state index in [2.05, 4.69) is 36.2 Å². The highest BCUT2D eigenvalue weighted by Crippen LogP contribution is 2.19. The van der Waals surface area contributed by atoms with Crippen LogP contribution in [0.25, 0.3) is 10.9 Å². The molecule has 20 heavy (non-hydrogen) atoms. The van der Waals surface area contributed by atoms with E-state index in [1.165, 1.54) is 0 Å². The number of hydrogen-bond acceptors (Lipinski definition) is 2. The van der Waals surface area contributed by atoms with Gasteiger partial charge in [0.1, 0.15) is 0 Å². The second-order valence-electron chi connectivity index (χ2n) is 5.24. The van der Waals surface area contributed by atoms with Gasteiger partial charge in [0.2, 0.25) is 0 Å². The van der Waals surface area contributed by atoms with E-state index < -0.39 is 0 Å². The summed E-state index contributed by atoms with van der Waals surface area (Å²) >= 11 is 0. The number of anilines is 1. The largest absolute Gasteiger partial charge is 0.334 e. The number of urea groups is 1. The molecule has 0 fully saturated rings. The fourth-order valence-electron chi connectivity index (χ4n) is 1.79. The predicted molar refractivity (Wildman–Crippen MR) is 82.0 cm³/mol. The Bertz CT molecular complexity index is 642. The van der Waals surface area contributed by atoms with E-state index in [0.717, 1.165) is 22.2 Å². The molecule has 2 rings (SSSR count). The van der Waals surface area contributed by atoms with Crippen molar-refractivity contribution < 1.29 is 4.79 Å². The molecule has 2 aromatic rings. The number of aromatic nitrogens is 2. The highest BCUT2D eigenvalue weighted by molar-refractivity contribution is 5.92. The lowest BCUT2D eigenvalue weighted by atomic mass is 10.2. The summed E-state index contributed by atoms with van der Waals surface area (Å²) < 4.78 is 1.91. The number of benzene rings is 1. The molecule has 106 valence electrons. The number of amides is 2. The molecule has 1 heterocycles. The summed E-state index contributed by atoms with van der Waals surface area (Å²) in [4.78, 5) is 11.7. The van der Waals surface area contributed by atoms with Crippen LogP contribution in [0.15, 0.2) is 36.5 Å². The number of fused-ring (bicyclic) bond motifs is 1. The van der Waals surface area contributed by atoms with Crippen LogP contribution < -0.4 is 10.6 Å². The third-order valence-corrected chi connectivity index (χ3v) is 2.86. The number of carbonyl (C=O) groups is 1. The molecule has 0 bridgehead atoms. The summed E-state index contributed by atoms with van der Waals surface area (Å²) in [5.41, 5.74) is 2.58. The van der Waals surface area contributed by atoms with Crippen molar-refractivity contribution in [2.45, 2.75) is 26.8 Å². The minimum Gasteiger partial charge on any atom is -0.334 e. The Labute approximate surface area is 118 Å².